The van der Waals surface area contributed by atoms with Gasteiger partial charge in [-0.3, -0.25) is 4.79 Å². The van der Waals surface area contributed by atoms with Crippen LogP contribution in [-0.4, -0.2) is 72.5 Å². The smallest absolute Gasteiger partial charge is 0.317 e. The summed E-state index contributed by atoms with van der Waals surface area (Å²) in [6.07, 6.45) is 4.92. The number of carbonyl (C=O) groups excluding carboxylic acids is 2. The monoisotopic (exact) mass is 379 g/mol. The van der Waals surface area contributed by atoms with Crippen LogP contribution in [0.25, 0.3) is 0 Å². The maximum atomic E-state index is 12.6. The summed E-state index contributed by atoms with van der Waals surface area (Å²) in [4.78, 5) is 34.7. The zero-order valence-electron chi connectivity index (χ0n) is 15.2. The second kappa shape index (κ2) is 8.58. The van der Waals surface area contributed by atoms with Crippen molar-refractivity contribution in [1.82, 2.24) is 20.1 Å². The Balaban J connectivity index is 1.63. The SMILES string of the molecule is CCNC(=O)N1CCN(c2ncc(C(=O)N3CCCCC3)cc2Cl)CC1. The second-order valence-corrected chi connectivity index (χ2v) is 7.10. The van der Waals surface area contributed by atoms with Crippen molar-refractivity contribution in [1.29, 1.82) is 0 Å². The minimum Gasteiger partial charge on any atom is -0.352 e. The number of hydrogen-bond donors (Lipinski definition) is 1. The molecule has 0 radical (unpaired) electrons. The van der Waals surface area contributed by atoms with Gasteiger partial charge in [0.1, 0.15) is 5.82 Å². The molecule has 26 heavy (non-hydrogen) atoms. The highest BCUT2D eigenvalue weighted by atomic mass is 35.5. The van der Waals surface area contributed by atoms with Gasteiger partial charge in [0, 0.05) is 52.0 Å². The van der Waals surface area contributed by atoms with Crippen molar-refractivity contribution < 1.29 is 9.59 Å². The lowest BCUT2D eigenvalue weighted by molar-refractivity contribution is 0.0724. The van der Waals surface area contributed by atoms with Gasteiger partial charge in [0.05, 0.1) is 10.6 Å². The van der Waals surface area contributed by atoms with E-state index in [0.717, 1.165) is 25.9 Å². The van der Waals surface area contributed by atoms with E-state index >= 15 is 0 Å². The fourth-order valence-corrected chi connectivity index (χ4v) is 3.73. The van der Waals surface area contributed by atoms with Gasteiger partial charge in [-0.15, -0.1) is 0 Å². The molecule has 0 aromatic carbocycles. The molecule has 8 heteroatoms. The Labute approximate surface area is 159 Å². The van der Waals surface area contributed by atoms with Crippen LogP contribution < -0.4 is 10.2 Å². The molecular formula is C18H26ClN5O2. The average Bonchev–Trinajstić information content (AvgIpc) is 2.68. The standard InChI is InChI=1S/C18H26ClN5O2/c1-2-20-18(26)24-10-8-22(9-11-24)16-15(19)12-14(13-21-16)17(25)23-6-4-3-5-7-23/h12-13H,2-11H2,1H3,(H,20,26). The first-order chi connectivity index (χ1) is 12.6. The fraction of sp³-hybridized carbons (Fsp3) is 0.611. The van der Waals surface area contributed by atoms with Crippen molar-refractivity contribution in [2.45, 2.75) is 26.2 Å². The van der Waals surface area contributed by atoms with Gasteiger partial charge in [0.2, 0.25) is 0 Å². The van der Waals surface area contributed by atoms with Crippen LogP contribution in [0.5, 0.6) is 0 Å². The summed E-state index contributed by atoms with van der Waals surface area (Å²) in [5.74, 6) is 0.684. The topological polar surface area (TPSA) is 68.8 Å². The molecule has 2 aliphatic heterocycles. The normalized spacial score (nSPS) is 18.0. The molecule has 1 N–H and O–H groups in total. The van der Waals surface area contributed by atoms with Gasteiger partial charge < -0.3 is 20.0 Å². The lowest BCUT2D eigenvalue weighted by atomic mass is 10.1. The van der Waals surface area contributed by atoms with E-state index < -0.39 is 0 Å². The Morgan fingerprint density at radius 3 is 2.38 bits per heavy atom. The summed E-state index contributed by atoms with van der Waals surface area (Å²) in [5.41, 5.74) is 0.543. The molecule has 142 valence electrons. The first kappa shape index (κ1) is 18.8. The Bertz CT molecular complexity index is 655. The quantitative estimate of drug-likeness (QED) is 0.874. The van der Waals surface area contributed by atoms with E-state index in [4.69, 9.17) is 11.6 Å². The van der Waals surface area contributed by atoms with Gasteiger partial charge >= 0.3 is 6.03 Å². The molecule has 1 aromatic rings. The first-order valence-electron chi connectivity index (χ1n) is 9.32. The number of anilines is 1. The molecule has 2 fully saturated rings. The van der Waals surface area contributed by atoms with Crippen LogP contribution in [0.3, 0.4) is 0 Å². The number of halogens is 1. The summed E-state index contributed by atoms with van der Waals surface area (Å²) < 4.78 is 0. The molecule has 3 heterocycles. The lowest BCUT2D eigenvalue weighted by Gasteiger charge is -2.35. The molecule has 7 nitrogen and oxygen atoms in total. The molecule has 2 aliphatic rings. The number of piperidine rings is 1. The molecular weight excluding hydrogens is 354 g/mol. The van der Waals surface area contributed by atoms with Gasteiger partial charge in [-0.1, -0.05) is 11.6 Å². The van der Waals surface area contributed by atoms with Crippen molar-refractivity contribution in [2.24, 2.45) is 0 Å². The number of urea groups is 1. The molecule has 0 saturated carbocycles. The first-order valence-corrected chi connectivity index (χ1v) is 9.70. The predicted octanol–water partition coefficient (Wildman–Crippen LogP) is 2.21. The minimum absolute atomic E-state index is 0.00621. The Morgan fingerprint density at radius 2 is 1.77 bits per heavy atom. The molecule has 0 atom stereocenters. The van der Waals surface area contributed by atoms with Crippen LogP contribution in [-0.2, 0) is 0 Å². The third kappa shape index (κ3) is 4.20. The van der Waals surface area contributed by atoms with Gasteiger partial charge in [-0.2, -0.15) is 0 Å². The number of amides is 3. The van der Waals surface area contributed by atoms with E-state index in [-0.39, 0.29) is 11.9 Å². The van der Waals surface area contributed by atoms with Crippen LogP contribution in [0.4, 0.5) is 10.6 Å². The summed E-state index contributed by atoms with van der Waals surface area (Å²) in [6, 6.07) is 1.69. The number of pyridine rings is 1. The number of carbonyl (C=O) groups is 2. The lowest BCUT2D eigenvalue weighted by Crippen LogP contribution is -2.52. The maximum absolute atomic E-state index is 12.6. The average molecular weight is 380 g/mol. The van der Waals surface area contributed by atoms with E-state index in [1.54, 1.807) is 17.2 Å². The zero-order chi connectivity index (χ0) is 18.5. The van der Waals surface area contributed by atoms with E-state index in [1.807, 2.05) is 11.8 Å². The molecule has 3 rings (SSSR count). The van der Waals surface area contributed by atoms with Crippen molar-refractivity contribution >= 4 is 29.4 Å². The number of nitrogens with zero attached hydrogens (tertiary/aromatic N) is 4. The van der Waals surface area contributed by atoms with Crippen molar-refractivity contribution in [3.05, 3.63) is 22.8 Å². The van der Waals surface area contributed by atoms with Gasteiger partial charge in [0.15, 0.2) is 0 Å². The van der Waals surface area contributed by atoms with Gasteiger partial charge in [0.25, 0.3) is 5.91 Å². The molecule has 0 bridgehead atoms. The number of piperazine rings is 1. The third-order valence-corrected chi connectivity index (χ3v) is 5.18. The zero-order valence-corrected chi connectivity index (χ0v) is 16.0. The number of hydrogen-bond acceptors (Lipinski definition) is 4. The van der Waals surface area contributed by atoms with Crippen LogP contribution in [0.15, 0.2) is 12.3 Å². The largest absolute Gasteiger partial charge is 0.352 e. The van der Waals surface area contributed by atoms with Gasteiger partial charge in [-0.25, -0.2) is 9.78 Å². The van der Waals surface area contributed by atoms with Crippen molar-refractivity contribution in [3.63, 3.8) is 0 Å². The Morgan fingerprint density at radius 1 is 1.08 bits per heavy atom. The van der Waals surface area contributed by atoms with E-state index in [1.165, 1.54) is 6.42 Å². The van der Waals surface area contributed by atoms with E-state index in [0.29, 0.717) is 49.1 Å². The highest BCUT2D eigenvalue weighted by molar-refractivity contribution is 6.33. The Hall–Kier alpha value is -2.02. The predicted molar refractivity (Wildman–Crippen MR) is 102 cm³/mol. The van der Waals surface area contributed by atoms with Gasteiger partial charge in [-0.05, 0) is 32.3 Å². The van der Waals surface area contributed by atoms with Crippen LogP contribution in [0.1, 0.15) is 36.5 Å². The van der Waals surface area contributed by atoms with Crippen molar-refractivity contribution in [2.75, 3.05) is 50.7 Å². The number of aromatic nitrogens is 1. The Kier molecular flexibility index (Phi) is 6.19. The van der Waals surface area contributed by atoms with E-state index in [9.17, 15) is 9.59 Å². The number of rotatable bonds is 3. The molecule has 0 aliphatic carbocycles. The van der Waals surface area contributed by atoms with E-state index in [2.05, 4.69) is 15.2 Å². The molecule has 3 amide bonds. The summed E-state index contributed by atoms with van der Waals surface area (Å²) in [7, 11) is 0. The summed E-state index contributed by atoms with van der Waals surface area (Å²) in [5, 5.41) is 3.30. The molecule has 1 aromatic heterocycles. The van der Waals surface area contributed by atoms with Crippen molar-refractivity contribution in [3.8, 4) is 0 Å². The highest BCUT2D eigenvalue weighted by Gasteiger charge is 2.24. The molecule has 2 saturated heterocycles. The second-order valence-electron chi connectivity index (χ2n) is 6.69. The fourth-order valence-electron chi connectivity index (χ4n) is 3.44. The van der Waals surface area contributed by atoms with Crippen LogP contribution in [0, 0.1) is 0 Å². The number of nitrogens with one attached hydrogen (secondary N) is 1. The third-order valence-electron chi connectivity index (χ3n) is 4.91. The molecule has 0 unspecified atom stereocenters. The van der Waals surface area contributed by atoms with Crippen LogP contribution in [0.2, 0.25) is 5.02 Å². The number of likely N-dealkylation sites (tertiary alicyclic amines) is 1. The molecule has 0 spiro atoms. The minimum atomic E-state index is -0.0336. The highest BCUT2D eigenvalue weighted by Crippen LogP contribution is 2.26. The maximum Gasteiger partial charge on any atom is 0.317 e. The van der Waals surface area contributed by atoms with Crippen LogP contribution >= 0.6 is 11.6 Å². The summed E-state index contributed by atoms with van der Waals surface area (Å²) >= 11 is 6.43. The summed E-state index contributed by atoms with van der Waals surface area (Å²) in [6.45, 7) is 6.73.